The Morgan fingerprint density at radius 3 is 2.51 bits per heavy atom. The molecule has 0 saturated carbocycles. The van der Waals surface area contributed by atoms with Gasteiger partial charge in [-0.25, -0.2) is 17.4 Å². The molecule has 1 fully saturated rings. The number of aromatic nitrogens is 2. The number of hydrogen-bond donors (Lipinski definition) is 1. The Kier molecular flexibility index (Phi) is 9.46. The Bertz CT molecular complexity index is 1590. The number of sulfonamides is 1. The first-order chi connectivity index (χ1) is 19.5. The molecule has 3 heterocycles. The lowest BCUT2D eigenvalue weighted by Crippen LogP contribution is -2.37. The van der Waals surface area contributed by atoms with Crippen LogP contribution in [0.2, 0.25) is 0 Å². The molecular weight excluding hydrogens is 562 g/mol. The van der Waals surface area contributed by atoms with Crippen molar-refractivity contribution < 1.29 is 23.1 Å². The number of aliphatic imine (C=N–C) groups is 1. The molecule has 1 N–H and O–H groups in total. The predicted octanol–water partition coefficient (Wildman–Crippen LogP) is 4.58. The van der Waals surface area contributed by atoms with Crippen LogP contribution < -0.4 is 0 Å². The first kappa shape index (κ1) is 30.2. The van der Waals surface area contributed by atoms with Gasteiger partial charge in [-0.3, -0.25) is 9.59 Å². The summed E-state index contributed by atoms with van der Waals surface area (Å²) in [7, 11) is -0.609. The highest BCUT2D eigenvalue weighted by molar-refractivity contribution is 8.18. The van der Waals surface area contributed by atoms with Gasteiger partial charge in [0, 0.05) is 51.4 Å². The largest absolute Gasteiger partial charge is 0.481 e. The van der Waals surface area contributed by atoms with Gasteiger partial charge in [-0.15, -0.1) is 0 Å². The van der Waals surface area contributed by atoms with Gasteiger partial charge in [0.25, 0.3) is 11.9 Å². The Hall–Kier alpha value is -3.74. The number of carbonyl (C=O) groups is 2. The quantitative estimate of drug-likeness (QED) is 0.425. The summed E-state index contributed by atoms with van der Waals surface area (Å²) < 4.78 is 28.5. The van der Waals surface area contributed by atoms with E-state index in [1.54, 1.807) is 22.9 Å². The maximum absolute atomic E-state index is 12.9. The van der Waals surface area contributed by atoms with E-state index >= 15 is 0 Å². The van der Waals surface area contributed by atoms with Crippen molar-refractivity contribution >= 4 is 44.9 Å². The lowest BCUT2D eigenvalue weighted by atomic mass is 10.0. The number of rotatable bonds is 5. The molecule has 3 aromatic rings. The summed E-state index contributed by atoms with van der Waals surface area (Å²) >= 11 is 1.39. The Labute approximate surface area is 244 Å². The van der Waals surface area contributed by atoms with E-state index in [1.165, 1.54) is 36.6 Å². The highest BCUT2D eigenvalue weighted by Crippen LogP contribution is 2.35. The van der Waals surface area contributed by atoms with Gasteiger partial charge in [0.05, 0.1) is 15.5 Å². The zero-order valence-corrected chi connectivity index (χ0v) is 25.0. The van der Waals surface area contributed by atoms with Crippen LogP contribution in [0.25, 0.3) is 23.0 Å². The number of carboxylic acids is 1. The SMILES string of the molecule is CC(=O)O.CC1CCCN(C2=NC(=O)/C(=C/c3cn(-c4ccccc4)nc3-c3cccc(S(=O)(=O)N(C)C)c3)S2)C1. The van der Waals surface area contributed by atoms with Gasteiger partial charge in [-0.1, -0.05) is 37.3 Å². The molecule has 5 rings (SSSR count). The average Bonchev–Trinajstić information content (AvgIpc) is 3.52. The molecule has 12 heteroatoms. The van der Waals surface area contributed by atoms with Crippen LogP contribution in [0.15, 0.2) is 75.6 Å². The highest BCUT2D eigenvalue weighted by atomic mass is 32.2. The second-order valence-electron chi connectivity index (χ2n) is 10.1. The maximum Gasteiger partial charge on any atom is 0.300 e. The van der Waals surface area contributed by atoms with Crippen molar-refractivity contribution in [3.8, 4) is 16.9 Å². The van der Waals surface area contributed by atoms with E-state index in [0.29, 0.717) is 27.6 Å². The number of likely N-dealkylation sites (tertiary alicyclic amines) is 1. The van der Waals surface area contributed by atoms with Crippen molar-refractivity contribution in [1.82, 2.24) is 19.0 Å². The fourth-order valence-corrected chi connectivity index (χ4v) is 6.37. The van der Waals surface area contributed by atoms with Crippen molar-refractivity contribution in [3.63, 3.8) is 0 Å². The summed E-state index contributed by atoms with van der Waals surface area (Å²) in [5.74, 6) is -0.526. The number of amides is 1. The van der Waals surface area contributed by atoms with Crippen LogP contribution in [0.1, 0.15) is 32.3 Å². The van der Waals surface area contributed by atoms with Gasteiger partial charge in [0.1, 0.15) is 5.69 Å². The minimum atomic E-state index is -3.62. The Morgan fingerprint density at radius 1 is 1.15 bits per heavy atom. The van der Waals surface area contributed by atoms with Gasteiger partial charge in [-0.2, -0.15) is 10.1 Å². The monoisotopic (exact) mass is 595 g/mol. The van der Waals surface area contributed by atoms with E-state index in [9.17, 15) is 13.2 Å². The number of piperidine rings is 1. The molecule has 216 valence electrons. The van der Waals surface area contributed by atoms with E-state index in [1.807, 2.05) is 48.7 Å². The van der Waals surface area contributed by atoms with Gasteiger partial charge in [0.2, 0.25) is 10.0 Å². The van der Waals surface area contributed by atoms with Crippen LogP contribution >= 0.6 is 11.8 Å². The topological polar surface area (TPSA) is 125 Å². The third-order valence-corrected chi connectivity index (χ3v) is 9.33. The van der Waals surface area contributed by atoms with Gasteiger partial charge >= 0.3 is 0 Å². The van der Waals surface area contributed by atoms with Crippen LogP contribution in [0.5, 0.6) is 0 Å². The van der Waals surface area contributed by atoms with Crippen LogP contribution in [0, 0.1) is 5.92 Å². The maximum atomic E-state index is 12.9. The molecule has 41 heavy (non-hydrogen) atoms. The summed E-state index contributed by atoms with van der Waals surface area (Å²) in [5, 5.41) is 13.0. The summed E-state index contributed by atoms with van der Waals surface area (Å²) in [5.41, 5.74) is 2.80. The minimum absolute atomic E-state index is 0.180. The van der Waals surface area contributed by atoms with E-state index < -0.39 is 16.0 Å². The molecule has 2 aromatic carbocycles. The Balaban J connectivity index is 0.000000909. The lowest BCUT2D eigenvalue weighted by Gasteiger charge is -2.31. The number of benzene rings is 2. The van der Waals surface area contributed by atoms with Crippen molar-refractivity contribution in [2.24, 2.45) is 10.9 Å². The summed E-state index contributed by atoms with van der Waals surface area (Å²) in [6.45, 7) is 5.11. The van der Waals surface area contributed by atoms with Crippen LogP contribution in [0.3, 0.4) is 0 Å². The fourth-order valence-electron chi connectivity index (χ4n) is 4.48. The summed E-state index contributed by atoms with van der Waals surface area (Å²) in [4.78, 5) is 29.1. The number of nitrogens with zero attached hydrogens (tertiary/aromatic N) is 5. The Morgan fingerprint density at radius 2 is 1.85 bits per heavy atom. The van der Waals surface area contributed by atoms with Crippen molar-refractivity contribution in [3.05, 3.63) is 71.3 Å². The molecule has 0 spiro atoms. The average molecular weight is 596 g/mol. The number of hydrogen-bond acceptors (Lipinski definition) is 7. The van der Waals surface area contributed by atoms with Crippen LogP contribution in [-0.2, 0) is 19.6 Å². The first-order valence-corrected chi connectivity index (χ1v) is 15.4. The zero-order valence-electron chi connectivity index (χ0n) is 23.4. The second kappa shape index (κ2) is 12.8. The molecule has 0 bridgehead atoms. The molecule has 2 aliphatic heterocycles. The zero-order chi connectivity index (χ0) is 29.7. The fraction of sp³-hybridized carbons (Fsp3) is 0.310. The minimum Gasteiger partial charge on any atom is -0.481 e. The number of carboxylic acid groups (broad SMARTS) is 1. The van der Waals surface area contributed by atoms with E-state index in [2.05, 4.69) is 16.8 Å². The van der Waals surface area contributed by atoms with Crippen LogP contribution in [0.4, 0.5) is 0 Å². The number of para-hydroxylation sites is 1. The highest BCUT2D eigenvalue weighted by Gasteiger charge is 2.29. The third kappa shape index (κ3) is 7.32. The molecule has 1 amide bonds. The molecule has 1 saturated heterocycles. The number of aliphatic carboxylic acids is 1. The lowest BCUT2D eigenvalue weighted by molar-refractivity contribution is -0.134. The third-order valence-electron chi connectivity index (χ3n) is 6.47. The number of thioether (sulfide) groups is 1. The molecule has 0 aliphatic carbocycles. The van der Waals surface area contributed by atoms with Crippen molar-refractivity contribution in [2.75, 3.05) is 27.2 Å². The standard InChI is InChI=1S/C27H29N5O3S2.C2H4O2/c1-19-9-8-14-31(17-19)27-28-26(33)24(36-27)16-21-18-32(22-11-5-4-6-12-22)29-25(21)20-10-7-13-23(15-20)37(34,35)30(2)3;1-2(3)4/h4-7,10-13,15-16,18-19H,8-9,14,17H2,1-3H3;1H3,(H,3,4)/b24-16-;. The van der Waals surface area contributed by atoms with Crippen molar-refractivity contribution in [1.29, 1.82) is 0 Å². The molecule has 0 radical (unpaired) electrons. The van der Waals surface area contributed by atoms with Crippen molar-refractivity contribution in [2.45, 2.75) is 31.6 Å². The predicted molar refractivity (Wildman–Crippen MR) is 161 cm³/mol. The molecule has 10 nitrogen and oxygen atoms in total. The van der Waals surface area contributed by atoms with Gasteiger partial charge < -0.3 is 10.0 Å². The molecule has 1 atom stereocenters. The first-order valence-electron chi connectivity index (χ1n) is 13.1. The number of carbonyl (C=O) groups excluding carboxylic acids is 1. The van der Waals surface area contributed by atoms with Gasteiger partial charge in [-0.05, 0) is 60.9 Å². The smallest absolute Gasteiger partial charge is 0.300 e. The van der Waals surface area contributed by atoms with E-state index in [4.69, 9.17) is 15.0 Å². The number of amidine groups is 1. The normalized spacial score (nSPS) is 18.3. The van der Waals surface area contributed by atoms with Crippen LogP contribution in [-0.4, -0.2) is 76.7 Å². The van der Waals surface area contributed by atoms with E-state index in [-0.39, 0.29) is 10.8 Å². The van der Waals surface area contributed by atoms with E-state index in [0.717, 1.165) is 37.3 Å². The second-order valence-corrected chi connectivity index (χ2v) is 13.2. The molecule has 1 aromatic heterocycles. The summed E-state index contributed by atoms with van der Waals surface area (Å²) in [6, 6.07) is 16.4. The van der Waals surface area contributed by atoms with Gasteiger partial charge in [0.15, 0.2) is 5.17 Å². The molecule has 1 unspecified atom stereocenters. The molecule has 2 aliphatic rings. The molecular formula is C29H33N5O5S2. The summed E-state index contributed by atoms with van der Waals surface area (Å²) in [6.07, 6.45) is 5.95.